The largest absolute Gasteiger partial charge is 0.352 e. The zero-order valence-electron chi connectivity index (χ0n) is 12.7. The van der Waals surface area contributed by atoms with Crippen LogP contribution in [0.25, 0.3) is 5.69 Å². The van der Waals surface area contributed by atoms with E-state index in [0.29, 0.717) is 23.6 Å². The molecule has 0 unspecified atom stereocenters. The van der Waals surface area contributed by atoms with E-state index in [0.717, 1.165) is 15.9 Å². The van der Waals surface area contributed by atoms with Crippen molar-refractivity contribution in [1.29, 1.82) is 0 Å². The minimum absolute atomic E-state index is 0.191. The van der Waals surface area contributed by atoms with Crippen LogP contribution in [-0.4, -0.2) is 22.2 Å². The van der Waals surface area contributed by atoms with Gasteiger partial charge in [0.25, 0.3) is 5.91 Å². The van der Waals surface area contributed by atoms with Gasteiger partial charge in [0.15, 0.2) is 0 Å². The molecule has 3 aromatic rings. The number of benzene rings is 2. The smallest absolute Gasteiger partial charge is 0.252 e. The van der Waals surface area contributed by atoms with Gasteiger partial charge in [-0.25, -0.2) is 4.68 Å². The van der Waals surface area contributed by atoms with Crippen molar-refractivity contribution in [1.82, 2.24) is 15.1 Å². The molecule has 0 fully saturated rings. The summed E-state index contributed by atoms with van der Waals surface area (Å²) in [5.41, 5.74) is 2.38. The molecule has 0 aliphatic heterocycles. The molecule has 2 aromatic carbocycles. The number of rotatable bonds is 5. The molecule has 1 amide bonds. The Morgan fingerprint density at radius 1 is 1.17 bits per heavy atom. The van der Waals surface area contributed by atoms with Crippen LogP contribution in [0, 0.1) is 0 Å². The molecular formula is C18H15BrClN3O. The normalized spacial score (nSPS) is 10.6. The first-order valence-corrected chi connectivity index (χ1v) is 8.64. The van der Waals surface area contributed by atoms with Crippen LogP contribution in [-0.2, 0) is 6.42 Å². The fourth-order valence-corrected chi connectivity index (χ4v) is 2.85. The van der Waals surface area contributed by atoms with Crippen LogP contribution >= 0.6 is 27.5 Å². The van der Waals surface area contributed by atoms with Gasteiger partial charge < -0.3 is 5.32 Å². The summed E-state index contributed by atoms with van der Waals surface area (Å²) in [6.07, 6.45) is 2.56. The van der Waals surface area contributed by atoms with Crippen LogP contribution < -0.4 is 5.32 Å². The maximum absolute atomic E-state index is 12.2. The second-order valence-electron chi connectivity index (χ2n) is 5.22. The van der Waals surface area contributed by atoms with Gasteiger partial charge in [-0.05, 0) is 36.4 Å². The van der Waals surface area contributed by atoms with Gasteiger partial charge in [0.1, 0.15) is 0 Å². The van der Waals surface area contributed by atoms with Crippen molar-refractivity contribution in [3.63, 3.8) is 0 Å². The lowest BCUT2D eigenvalue weighted by atomic mass is 10.2. The van der Waals surface area contributed by atoms with Crippen molar-refractivity contribution < 1.29 is 4.79 Å². The first kappa shape index (κ1) is 16.7. The van der Waals surface area contributed by atoms with Crippen molar-refractivity contribution in [2.24, 2.45) is 0 Å². The molecule has 24 heavy (non-hydrogen) atoms. The highest BCUT2D eigenvalue weighted by atomic mass is 79.9. The van der Waals surface area contributed by atoms with Crippen molar-refractivity contribution in [3.8, 4) is 5.69 Å². The molecule has 0 atom stereocenters. The fourth-order valence-electron chi connectivity index (χ4n) is 2.29. The number of carbonyl (C=O) groups excluding carboxylic acids is 1. The van der Waals surface area contributed by atoms with E-state index in [1.54, 1.807) is 18.2 Å². The molecule has 1 aromatic heterocycles. The van der Waals surface area contributed by atoms with Crippen LogP contribution in [0.3, 0.4) is 0 Å². The summed E-state index contributed by atoms with van der Waals surface area (Å²) in [6, 6.07) is 17.1. The minimum atomic E-state index is -0.191. The van der Waals surface area contributed by atoms with Crippen molar-refractivity contribution in [3.05, 3.63) is 81.5 Å². The molecule has 0 aliphatic rings. The summed E-state index contributed by atoms with van der Waals surface area (Å²) in [5, 5.41) is 7.82. The zero-order valence-corrected chi connectivity index (χ0v) is 15.1. The monoisotopic (exact) mass is 403 g/mol. The molecular weight excluding hydrogens is 390 g/mol. The van der Waals surface area contributed by atoms with Gasteiger partial charge in [-0.2, -0.15) is 5.10 Å². The summed E-state index contributed by atoms with van der Waals surface area (Å²) in [4.78, 5) is 12.2. The minimum Gasteiger partial charge on any atom is -0.352 e. The first-order chi connectivity index (χ1) is 11.6. The Labute approximate surface area is 153 Å². The Balaban J connectivity index is 1.58. The Morgan fingerprint density at radius 3 is 2.75 bits per heavy atom. The quantitative estimate of drug-likeness (QED) is 0.690. The lowest BCUT2D eigenvalue weighted by Crippen LogP contribution is -2.26. The predicted octanol–water partition coefficient (Wildman–Crippen LogP) is 4.26. The predicted molar refractivity (Wildman–Crippen MR) is 98.8 cm³/mol. The number of hydrogen-bond donors (Lipinski definition) is 1. The maximum Gasteiger partial charge on any atom is 0.252 e. The molecule has 0 saturated heterocycles. The SMILES string of the molecule is O=C(NCCc1ccn(-c2ccccc2)n1)c1cc(Br)ccc1Cl. The summed E-state index contributed by atoms with van der Waals surface area (Å²) in [5.74, 6) is -0.191. The van der Waals surface area contributed by atoms with Crippen LogP contribution in [0.15, 0.2) is 65.3 Å². The summed E-state index contributed by atoms with van der Waals surface area (Å²) < 4.78 is 2.64. The highest BCUT2D eigenvalue weighted by Gasteiger charge is 2.10. The van der Waals surface area contributed by atoms with Gasteiger partial charge in [-0.1, -0.05) is 45.7 Å². The third kappa shape index (κ3) is 4.04. The van der Waals surface area contributed by atoms with Crippen LogP contribution in [0.4, 0.5) is 0 Å². The number of carbonyl (C=O) groups is 1. The Morgan fingerprint density at radius 2 is 1.96 bits per heavy atom. The number of halogens is 2. The van der Waals surface area contributed by atoms with Gasteiger partial charge in [0, 0.05) is 23.6 Å². The number of nitrogens with zero attached hydrogens (tertiary/aromatic N) is 2. The molecule has 1 N–H and O–H groups in total. The highest BCUT2D eigenvalue weighted by Crippen LogP contribution is 2.20. The van der Waals surface area contributed by atoms with Crippen molar-refractivity contribution in [2.45, 2.75) is 6.42 Å². The number of nitrogens with one attached hydrogen (secondary N) is 1. The van der Waals surface area contributed by atoms with Gasteiger partial charge in [-0.15, -0.1) is 0 Å². The van der Waals surface area contributed by atoms with Crippen molar-refractivity contribution >= 4 is 33.4 Å². The molecule has 0 bridgehead atoms. The highest BCUT2D eigenvalue weighted by molar-refractivity contribution is 9.10. The molecule has 0 aliphatic carbocycles. The van der Waals surface area contributed by atoms with E-state index in [9.17, 15) is 4.79 Å². The molecule has 1 heterocycles. The van der Waals surface area contributed by atoms with Crippen LogP contribution in [0.2, 0.25) is 5.02 Å². The standard InChI is InChI=1S/C18H15BrClN3O/c19-13-6-7-17(20)16(12-13)18(24)21-10-8-14-9-11-23(22-14)15-4-2-1-3-5-15/h1-7,9,11-12H,8,10H2,(H,21,24). The molecule has 0 spiro atoms. The van der Waals surface area contributed by atoms with Gasteiger partial charge >= 0.3 is 0 Å². The van der Waals surface area contributed by atoms with Gasteiger partial charge in [0.2, 0.25) is 0 Å². The van der Waals surface area contributed by atoms with E-state index in [2.05, 4.69) is 26.3 Å². The number of hydrogen-bond acceptors (Lipinski definition) is 2. The zero-order chi connectivity index (χ0) is 16.9. The molecule has 3 rings (SSSR count). The van der Waals surface area contributed by atoms with Crippen molar-refractivity contribution in [2.75, 3.05) is 6.54 Å². The maximum atomic E-state index is 12.2. The number of amides is 1. The number of para-hydroxylation sites is 1. The average molecular weight is 405 g/mol. The lowest BCUT2D eigenvalue weighted by Gasteiger charge is -2.06. The molecule has 122 valence electrons. The molecule has 0 radical (unpaired) electrons. The van der Waals surface area contributed by atoms with Gasteiger partial charge in [0.05, 0.1) is 22.0 Å². The second kappa shape index (κ2) is 7.64. The van der Waals surface area contributed by atoms with Gasteiger partial charge in [-0.3, -0.25) is 4.79 Å². The topological polar surface area (TPSA) is 46.9 Å². The van der Waals surface area contributed by atoms with E-state index < -0.39 is 0 Å². The van der Waals surface area contributed by atoms with E-state index in [4.69, 9.17) is 11.6 Å². The van der Waals surface area contributed by atoms with E-state index >= 15 is 0 Å². The third-order valence-corrected chi connectivity index (χ3v) is 4.33. The summed E-state index contributed by atoms with van der Waals surface area (Å²) in [7, 11) is 0. The number of aromatic nitrogens is 2. The average Bonchev–Trinajstić information content (AvgIpc) is 3.06. The molecule has 4 nitrogen and oxygen atoms in total. The fraction of sp³-hybridized carbons (Fsp3) is 0.111. The Hall–Kier alpha value is -2.11. The lowest BCUT2D eigenvalue weighted by molar-refractivity contribution is 0.0954. The molecule has 6 heteroatoms. The van der Waals surface area contributed by atoms with E-state index in [-0.39, 0.29) is 5.91 Å². The molecule has 0 saturated carbocycles. The Kier molecular flexibility index (Phi) is 5.33. The van der Waals surface area contributed by atoms with E-state index in [1.807, 2.05) is 47.3 Å². The van der Waals surface area contributed by atoms with E-state index in [1.165, 1.54) is 0 Å². The Bertz CT molecular complexity index is 848. The second-order valence-corrected chi connectivity index (χ2v) is 6.54. The van der Waals surface area contributed by atoms with Crippen LogP contribution in [0.1, 0.15) is 16.1 Å². The first-order valence-electron chi connectivity index (χ1n) is 7.47. The summed E-state index contributed by atoms with van der Waals surface area (Å²) >= 11 is 9.40. The third-order valence-electron chi connectivity index (χ3n) is 3.50. The van der Waals surface area contributed by atoms with Crippen LogP contribution in [0.5, 0.6) is 0 Å². The summed E-state index contributed by atoms with van der Waals surface area (Å²) in [6.45, 7) is 0.494.